The molecule has 7 nitrogen and oxygen atoms in total. The van der Waals surface area contributed by atoms with Crippen molar-refractivity contribution in [3.63, 3.8) is 0 Å². The van der Waals surface area contributed by atoms with Crippen LogP contribution in [0.5, 0.6) is 0 Å². The molecular formula is C15H19F3N2O5S. The van der Waals surface area contributed by atoms with Crippen LogP contribution in [0.4, 0.5) is 18.9 Å². The van der Waals surface area contributed by atoms with Crippen LogP contribution in [0, 0.1) is 0 Å². The van der Waals surface area contributed by atoms with Gasteiger partial charge in [-0.15, -0.1) is 0 Å². The second-order valence-corrected chi connectivity index (χ2v) is 7.98. The van der Waals surface area contributed by atoms with Crippen LogP contribution in [0.2, 0.25) is 0 Å². The van der Waals surface area contributed by atoms with Gasteiger partial charge in [0, 0.05) is 18.8 Å². The van der Waals surface area contributed by atoms with Crippen molar-refractivity contribution in [1.82, 2.24) is 4.31 Å². The number of halogens is 3. The average molecular weight is 396 g/mol. The van der Waals surface area contributed by atoms with Crippen LogP contribution in [0.25, 0.3) is 0 Å². The smallest absolute Gasteiger partial charge is 0.380 e. The summed E-state index contributed by atoms with van der Waals surface area (Å²) in [4.78, 5) is 11.7. The second kappa shape index (κ2) is 7.51. The van der Waals surface area contributed by atoms with E-state index in [4.69, 9.17) is 4.74 Å². The molecule has 1 aliphatic heterocycles. The fraction of sp³-hybridized carbons (Fsp3) is 0.533. The van der Waals surface area contributed by atoms with Crippen molar-refractivity contribution in [3.8, 4) is 0 Å². The molecule has 1 heterocycles. The first-order valence-corrected chi connectivity index (χ1v) is 9.14. The number of carbonyl (C=O) groups excluding carboxylic acids is 1. The number of alkyl halides is 3. The molecule has 1 amide bonds. The molecule has 0 unspecified atom stereocenters. The van der Waals surface area contributed by atoms with Gasteiger partial charge in [-0.05, 0) is 25.1 Å². The number of ether oxygens (including phenoxy) is 1. The highest BCUT2D eigenvalue weighted by Gasteiger charge is 2.51. The molecule has 0 aliphatic carbocycles. The number of nitrogens with one attached hydrogen (secondary N) is 1. The number of sulfonamides is 1. The average Bonchev–Trinajstić information content (AvgIpc) is 2.54. The molecule has 146 valence electrons. The van der Waals surface area contributed by atoms with Crippen LogP contribution in [-0.4, -0.2) is 61.8 Å². The topological polar surface area (TPSA) is 95.9 Å². The minimum absolute atomic E-state index is 0.0160. The van der Waals surface area contributed by atoms with E-state index in [-0.39, 0.29) is 36.9 Å². The highest BCUT2D eigenvalue weighted by Crippen LogP contribution is 2.33. The Hall–Kier alpha value is -1.69. The summed E-state index contributed by atoms with van der Waals surface area (Å²) in [5.74, 6) is -1.09. The summed E-state index contributed by atoms with van der Waals surface area (Å²) in [6.45, 7) is 1.40. The van der Waals surface area contributed by atoms with E-state index >= 15 is 0 Å². The number of morpholine rings is 1. The third-order valence-corrected chi connectivity index (χ3v) is 5.74. The van der Waals surface area contributed by atoms with E-state index in [1.54, 1.807) is 0 Å². The maximum absolute atomic E-state index is 12.6. The Morgan fingerprint density at radius 3 is 2.50 bits per heavy atom. The summed E-state index contributed by atoms with van der Waals surface area (Å²) in [7, 11) is -3.81. The quantitative estimate of drug-likeness (QED) is 0.783. The van der Waals surface area contributed by atoms with Gasteiger partial charge in [0.15, 0.2) is 5.60 Å². The normalized spacial score (nSPS) is 19.0. The molecule has 1 saturated heterocycles. The molecular weight excluding hydrogens is 377 g/mol. The maximum Gasteiger partial charge on any atom is 0.417 e. The molecule has 0 spiro atoms. The first-order valence-electron chi connectivity index (χ1n) is 7.70. The Labute approximate surface area is 148 Å². The van der Waals surface area contributed by atoms with Crippen LogP contribution < -0.4 is 5.32 Å². The molecule has 1 aromatic rings. The molecule has 0 bridgehead atoms. The Morgan fingerprint density at radius 1 is 1.31 bits per heavy atom. The van der Waals surface area contributed by atoms with Crippen molar-refractivity contribution >= 4 is 21.6 Å². The minimum atomic E-state index is -4.97. The zero-order valence-corrected chi connectivity index (χ0v) is 14.7. The number of anilines is 1. The second-order valence-electron chi connectivity index (χ2n) is 6.04. The summed E-state index contributed by atoms with van der Waals surface area (Å²) in [5.41, 5.74) is -3.17. The number of benzene rings is 1. The van der Waals surface area contributed by atoms with Crippen molar-refractivity contribution < 1.29 is 36.2 Å². The molecule has 0 saturated carbocycles. The SMILES string of the molecule is C[C@@](O)(CC(=O)Nc1cccc(S(=O)(=O)N2CCOCC2)c1)C(F)(F)F. The van der Waals surface area contributed by atoms with Crippen molar-refractivity contribution in [2.24, 2.45) is 0 Å². The molecule has 1 fully saturated rings. The number of hydrogen-bond acceptors (Lipinski definition) is 5. The van der Waals surface area contributed by atoms with Crippen molar-refractivity contribution in [3.05, 3.63) is 24.3 Å². The van der Waals surface area contributed by atoms with Gasteiger partial charge in [-0.3, -0.25) is 4.79 Å². The summed E-state index contributed by atoms with van der Waals surface area (Å²) >= 11 is 0. The Bertz CT molecular complexity index is 759. The minimum Gasteiger partial charge on any atom is -0.380 e. The Kier molecular flexibility index (Phi) is 5.95. The van der Waals surface area contributed by atoms with Gasteiger partial charge in [0.25, 0.3) is 0 Å². The molecule has 2 rings (SSSR count). The summed E-state index contributed by atoms with van der Waals surface area (Å²) in [6.07, 6.45) is -6.18. The van der Waals surface area contributed by atoms with Crippen LogP contribution in [0.1, 0.15) is 13.3 Å². The van der Waals surface area contributed by atoms with E-state index in [1.165, 1.54) is 22.5 Å². The van der Waals surface area contributed by atoms with Gasteiger partial charge in [-0.2, -0.15) is 17.5 Å². The predicted octanol–water partition coefficient (Wildman–Crippen LogP) is 1.35. The van der Waals surface area contributed by atoms with Gasteiger partial charge < -0.3 is 15.2 Å². The zero-order valence-electron chi connectivity index (χ0n) is 13.9. The van der Waals surface area contributed by atoms with Gasteiger partial charge >= 0.3 is 6.18 Å². The molecule has 2 N–H and O–H groups in total. The Morgan fingerprint density at radius 2 is 1.92 bits per heavy atom. The number of rotatable bonds is 5. The number of aliphatic hydroxyl groups is 1. The van der Waals surface area contributed by atoms with E-state index in [0.29, 0.717) is 6.92 Å². The molecule has 0 radical (unpaired) electrons. The van der Waals surface area contributed by atoms with Crippen molar-refractivity contribution in [2.45, 2.75) is 30.0 Å². The predicted molar refractivity (Wildman–Crippen MR) is 85.9 cm³/mol. The van der Waals surface area contributed by atoms with E-state index < -0.39 is 34.1 Å². The number of carbonyl (C=O) groups is 1. The van der Waals surface area contributed by atoms with E-state index in [1.807, 2.05) is 0 Å². The lowest BCUT2D eigenvalue weighted by molar-refractivity contribution is -0.252. The standard InChI is InChI=1S/C15H19F3N2O5S/c1-14(22,15(16,17)18)10-13(21)19-11-3-2-4-12(9-11)26(23,24)20-5-7-25-8-6-20/h2-4,9,22H,5-8,10H2,1H3,(H,19,21)/t14-/m1/s1. The van der Waals surface area contributed by atoms with Gasteiger partial charge in [-0.25, -0.2) is 8.42 Å². The van der Waals surface area contributed by atoms with Crippen LogP contribution in [0.3, 0.4) is 0 Å². The van der Waals surface area contributed by atoms with E-state index in [2.05, 4.69) is 5.32 Å². The maximum atomic E-state index is 12.6. The highest BCUT2D eigenvalue weighted by molar-refractivity contribution is 7.89. The van der Waals surface area contributed by atoms with Crippen LogP contribution in [-0.2, 0) is 19.6 Å². The number of nitrogens with zero attached hydrogens (tertiary/aromatic N) is 1. The fourth-order valence-corrected chi connectivity index (χ4v) is 3.74. The van der Waals surface area contributed by atoms with Gasteiger partial charge in [-0.1, -0.05) is 6.07 Å². The first kappa shape index (κ1) is 20.6. The van der Waals surface area contributed by atoms with Crippen molar-refractivity contribution in [2.75, 3.05) is 31.6 Å². The molecule has 1 aliphatic rings. The monoisotopic (exact) mass is 396 g/mol. The Balaban J connectivity index is 2.13. The summed E-state index contributed by atoms with van der Waals surface area (Å²) in [6, 6.07) is 5.20. The zero-order chi connectivity index (χ0) is 19.6. The molecule has 1 aromatic carbocycles. The molecule has 26 heavy (non-hydrogen) atoms. The first-order chi connectivity index (χ1) is 11.9. The van der Waals surface area contributed by atoms with Crippen LogP contribution in [0.15, 0.2) is 29.2 Å². The largest absolute Gasteiger partial charge is 0.417 e. The summed E-state index contributed by atoms with van der Waals surface area (Å²) in [5, 5.41) is 11.5. The molecule has 0 aromatic heterocycles. The number of amides is 1. The third kappa shape index (κ3) is 4.72. The van der Waals surface area contributed by atoms with Crippen molar-refractivity contribution in [1.29, 1.82) is 0 Å². The fourth-order valence-electron chi connectivity index (χ4n) is 2.29. The molecule has 11 heteroatoms. The van der Waals surface area contributed by atoms with Crippen LogP contribution >= 0.6 is 0 Å². The van der Waals surface area contributed by atoms with Gasteiger partial charge in [0.1, 0.15) is 0 Å². The highest BCUT2D eigenvalue weighted by atomic mass is 32.2. The van der Waals surface area contributed by atoms with Gasteiger partial charge in [0.2, 0.25) is 15.9 Å². The lowest BCUT2D eigenvalue weighted by Gasteiger charge is -2.26. The third-order valence-electron chi connectivity index (χ3n) is 3.84. The molecule has 1 atom stereocenters. The lowest BCUT2D eigenvalue weighted by Crippen LogP contribution is -2.44. The lowest BCUT2D eigenvalue weighted by atomic mass is 10.0. The van der Waals surface area contributed by atoms with E-state index in [0.717, 1.165) is 6.07 Å². The number of hydrogen-bond donors (Lipinski definition) is 2. The van der Waals surface area contributed by atoms with E-state index in [9.17, 15) is 31.5 Å². The van der Waals surface area contributed by atoms with Gasteiger partial charge in [0.05, 0.1) is 24.5 Å². The summed E-state index contributed by atoms with van der Waals surface area (Å²) < 4.78 is 69.3.